The Balaban J connectivity index is 2.92. The van der Waals surface area contributed by atoms with Crippen molar-refractivity contribution < 1.29 is 8.42 Å². The molecule has 0 unspecified atom stereocenters. The highest BCUT2D eigenvalue weighted by atomic mass is 79.9. The van der Waals surface area contributed by atoms with Crippen LogP contribution >= 0.6 is 15.9 Å². The Kier molecular flexibility index (Phi) is 4.12. The van der Waals surface area contributed by atoms with Crippen molar-refractivity contribution >= 4 is 26.0 Å². The predicted octanol–water partition coefficient (Wildman–Crippen LogP) is 1.46. The van der Waals surface area contributed by atoms with E-state index in [1.807, 2.05) is 0 Å². The van der Waals surface area contributed by atoms with Crippen molar-refractivity contribution in [1.82, 2.24) is 4.72 Å². The third kappa shape index (κ3) is 3.86. The van der Waals surface area contributed by atoms with Gasteiger partial charge in [-0.1, -0.05) is 12.1 Å². The smallest absolute Gasteiger partial charge is 0.241 e. The van der Waals surface area contributed by atoms with Crippen LogP contribution in [0.5, 0.6) is 0 Å². The molecule has 0 aliphatic rings. The summed E-state index contributed by atoms with van der Waals surface area (Å²) in [7, 11) is -3.50. The van der Waals surface area contributed by atoms with Crippen LogP contribution in [0.25, 0.3) is 0 Å². The number of benzene rings is 1. The number of nitrogens with one attached hydrogen (secondary N) is 1. The SMILES string of the molecule is CC(C)(N)CNS(=O)(=O)c1ccccc1Br. The molecule has 0 bridgehead atoms. The maximum Gasteiger partial charge on any atom is 0.241 e. The maximum absolute atomic E-state index is 11.9. The minimum atomic E-state index is -3.50. The van der Waals surface area contributed by atoms with Crippen LogP contribution < -0.4 is 10.5 Å². The van der Waals surface area contributed by atoms with E-state index >= 15 is 0 Å². The fourth-order valence-corrected chi connectivity index (χ4v) is 3.25. The van der Waals surface area contributed by atoms with Gasteiger partial charge in [-0.25, -0.2) is 13.1 Å². The summed E-state index contributed by atoms with van der Waals surface area (Å²) in [6.07, 6.45) is 0. The van der Waals surface area contributed by atoms with E-state index in [2.05, 4.69) is 20.7 Å². The predicted molar refractivity (Wildman–Crippen MR) is 67.6 cm³/mol. The largest absolute Gasteiger partial charge is 0.324 e. The van der Waals surface area contributed by atoms with E-state index in [4.69, 9.17) is 5.73 Å². The molecule has 0 radical (unpaired) electrons. The van der Waals surface area contributed by atoms with E-state index in [-0.39, 0.29) is 11.4 Å². The molecule has 0 aliphatic heterocycles. The summed E-state index contributed by atoms with van der Waals surface area (Å²) in [4.78, 5) is 0.222. The van der Waals surface area contributed by atoms with Gasteiger partial charge in [-0.15, -0.1) is 0 Å². The van der Waals surface area contributed by atoms with Gasteiger partial charge in [0.15, 0.2) is 0 Å². The van der Waals surface area contributed by atoms with Crippen molar-refractivity contribution in [2.24, 2.45) is 5.73 Å². The second kappa shape index (κ2) is 4.83. The van der Waals surface area contributed by atoms with Crippen molar-refractivity contribution in [3.63, 3.8) is 0 Å². The topological polar surface area (TPSA) is 72.2 Å². The first kappa shape index (κ1) is 13.6. The summed E-state index contributed by atoms with van der Waals surface area (Å²) in [5.41, 5.74) is 5.15. The lowest BCUT2D eigenvalue weighted by molar-refractivity contribution is 0.498. The van der Waals surface area contributed by atoms with E-state index in [9.17, 15) is 8.42 Å². The number of nitrogens with two attached hydrogens (primary N) is 1. The summed E-state index contributed by atoms with van der Waals surface area (Å²) in [5, 5.41) is 0. The van der Waals surface area contributed by atoms with Gasteiger partial charge in [0.05, 0.1) is 4.90 Å². The number of hydrogen-bond donors (Lipinski definition) is 2. The minimum Gasteiger partial charge on any atom is -0.324 e. The summed E-state index contributed by atoms with van der Waals surface area (Å²) in [5.74, 6) is 0. The summed E-state index contributed by atoms with van der Waals surface area (Å²) < 4.78 is 26.8. The number of hydrogen-bond acceptors (Lipinski definition) is 3. The highest BCUT2D eigenvalue weighted by Gasteiger charge is 2.20. The first-order valence-corrected chi connectivity index (χ1v) is 7.03. The second-order valence-electron chi connectivity index (χ2n) is 4.24. The molecule has 3 N–H and O–H groups in total. The van der Waals surface area contributed by atoms with Crippen LogP contribution in [0, 0.1) is 0 Å². The van der Waals surface area contributed by atoms with E-state index in [0.717, 1.165) is 0 Å². The van der Waals surface area contributed by atoms with E-state index in [1.54, 1.807) is 32.0 Å². The molecule has 0 atom stereocenters. The molecule has 0 amide bonds. The minimum absolute atomic E-state index is 0.191. The van der Waals surface area contributed by atoms with Crippen molar-refractivity contribution in [2.75, 3.05) is 6.54 Å². The normalized spacial score (nSPS) is 12.8. The molecule has 0 saturated carbocycles. The summed E-state index contributed by atoms with van der Waals surface area (Å²) >= 11 is 3.20. The molecule has 1 aromatic rings. The fraction of sp³-hybridized carbons (Fsp3) is 0.400. The Morgan fingerprint density at radius 1 is 1.38 bits per heavy atom. The number of halogens is 1. The van der Waals surface area contributed by atoms with Crippen LogP contribution in [-0.4, -0.2) is 20.5 Å². The zero-order valence-electron chi connectivity index (χ0n) is 9.20. The summed E-state index contributed by atoms with van der Waals surface area (Å²) in [6, 6.07) is 6.65. The molecule has 0 aromatic heterocycles. The fourth-order valence-electron chi connectivity index (χ4n) is 1.02. The Morgan fingerprint density at radius 3 is 2.44 bits per heavy atom. The average Bonchev–Trinajstić information content (AvgIpc) is 2.14. The standard InChI is InChI=1S/C10H15BrN2O2S/c1-10(2,12)7-13-16(14,15)9-6-4-3-5-8(9)11/h3-6,13H,7,12H2,1-2H3. The molecular weight excluding hydrogens is 292 g/mol. The third-order valence-electron chi connectivity index (χ3n) is 1.84. The zero-order valence-corrected chi connectivity index (χ0v) is 11.6. The monoisotopic (exact) mass is 306 g/mol. The van der Waals surface area contributed by atoms with Crippen molar-refractivity contribution in [1.29, 1.82) is 0 Å². The van der Waals surface area contributed by atoms with Crippen LogP contribution in [0.3, 0.4) is 0 Å². The summed E-state index contributed by atoms with van der Waals surface area (Å²) in [6.45, 7) is 3.71. The first-order valence-electron chi connectivity index (χ1n) is 4.75. The van der Waals surface area contributed by atoms with Crippen LogP contribution in [0.1, 0.15) is 13.8 Å². The van der Waals surface area contributed by atoms with Crippen LogP contribution in [0.4, 0.5) is 0 Å². The lowest BCUT2D eigenvalue weighted by Crippen LogP contribution is -2.45. The molecule has 0 fully saturated rings. The molecule has 4 nitrogen and oxygen atoms in total. The van der Waals surface area contributed by atoms with Gasteiger partial charge in [-0.2, -0.15) is 0 Å². The molecular formula is C10H15BrN2O2S. The molecule has 0 aliphatic carbocycles. The molecule has 1 aromatic carbocycles. The van der Waals surface area contributed by atoms with Gasteiger partial charge >= 0.3 is 0 Å². The molecule has 0 heterocycles. The molecule has 1 rings (SSSR count). The van der Waals surface area contributed by atoms with Crippen molar-refractivity contribution in [3.05, 3.63) is 28.7 Å². The molecule has 0 saturated heterocycles. The van der Waals surface area contributed by atoms with Gasteiger partial charge in [0.25, 0.3) is 0 Å². The first-order chi connectivity index (χ1) is 7.22. The van der Waals surface area contributed by atoms with Crippen molar-refractivity contribution in [2.45, 2.75) is 24.3 Å². The van der Waals surface area contributed by atoms with Gasteiger partial charge in [-0.3, -0.25) is 0 Å². The van der Waals surface area contributed by atoms with E-state index in [0.29, 0.717) is 4.47 Å². The third-order valence-corrected chi connectivity index (χ3v) is 4.26. The van der Waals surface area contributed by atoms with Gasteiger partial charge in [-0.05, 0) is 41.9 Å². The van der Waals surface area contributed by atoms with Crippen LogP contribution in [0.2, 0.25) is 0 Å². The quantitative estimate of drug-likeness (QED) is 0.884. The van der Waals surface area contributed by atoms with Crippen LogP contribution in [0.15, 0.2) is 33.6 Å². The van der Waals surface area contributed by atoms with Crippen LogP contribution in [-0.2, 0) is 10.0 Å². The van der Waals surface area contributed by atoms with E-state index in [1.165, 1.54) is 6.07 Å². The molecule has 6 heteroatoms. The highest BCUT2D eigenvalue weighted by molar-refractivity contribution is 9.10. The maximum atomic E-state index is 11.9. The Hall–Kier alpha value is -0.430. The molecule has 90 valence electrons. The Bertz CT molecular complexity index is 466. The second-order valence-corrected chi connectivity index (χ2v) is 6.83. The Labute approximate surface area is 104 Å². The number of rotatable bonds is 4. The van der Waals surface area contributed by atoms with Gasteiger partial charge < -0.3 is 5.73 Å². The lowest BCUT2D eigenvalue weighted by atomic mass is 10.1. The Morgan fingerprint density at radius 2 is 1.94 bits per heavy atom. The molecule has 0 spiro atoms. The highest BCUT2D eigenvalue weighted by Crippen LogP contribution is 2.20. The van der Waals surface area contributed by atoms with Gasteiger partial charge in [0.2, 0.25) is 10.0 Å². The van der Waals surface area contributed by atoms with E-state index < -0.39 is 15.6 Å². The number of sulfonamides is 1. The van der Waals surface area contributed by atoms with Gasteiger partial charge in [0.1, 0.15) is 0 Å². The molecule has 16 heavy (non-hydrogen) atoms. The lowest BCUT2D eigenvalue weighted by Gasteiger charge is -2.19. The average molecular weight is 307 g/mol. The van der Waals surface area contributed by atoms with Crippen molar-refractivity contribution in [3.8, 4) is 0 Å². The zero-order chi connectivity index (χ0) is 12.4. The van der Waals surface area contributed by atoms with Gasteiger partial charge in [0, 0.05) is 16.6 Å².